The lowest BCUT2D eigenvalue weighted by Crippen LogP contribution is -2.41. The van der Waals surface area contributed by atoms with Gasteiger partial charge < -0.3 is 15.6 Å². The maximum atomic E-state index is 12.7. The van der Waals surface area contributed by atoms with Crippen LogP contribution >= 0.6 is 0 Å². The number of aromatic amines is 1. The fourth-order valence-electron chi connectivity index (χ4n) is 3.88. The van der Waals surface area contributed by atoms with Crippen LogP contribution in [-0.4, -0.2) is 34.9 Å². The molecule has 30 heavy (non-hydrogen) atoms. The van der Waals surface area contributed by atoms with Gasteiger partial charge in [0.25, 0.3) is 5.91 Å². The van der Waals surface area contributed by atoms with Crippen LogP contribution in [0, 0.1) is 18.4 Å². The Morgan fingerprint density at radius 1 is 1.33 bits per heavy atom. The number of nitrogens with one attached hydrogen (secondary N) is 4. The molecule has 0 spiro atoms. The number of H-pyrrole nitrogens is 1. The maximum Gasteiger partial charge on any atom is 0.291 e. The predicted molar refractivity (Wildman–Crippen MR) is 116 cm³/mol. The van der Waals surface area contributed by atoms with E-state index in [0.29, 0.717) is 24.9 Å². The first-order chi connectivity index (χ1) is 14.6. The van der Waals surface area contributed by atoms with Crippen LogP contribution in [0.5, 0.6) is 0 Å². The van der Waals surface area contributed by atoms with Crippen LogP contribution in [0.3, 0.4) is 0 Å². The lowest BCUT2D eigenvalue weighted by Gasteiger charge is -2.24. The highest BCUT2D eigenvalue weighted by Gasteiger charge is 2.21. The van der Waals surface area contributed by atoms with E-state index in [-0.39, 0.29) is 11.8 Å². The Labute approximate surface area is 175 Å². The first-order valence-corrected chi connectivity index (χ1v) is 10.2. The van der Waals surface area contributed by atoms with Crippen molar-refractivity contribution in [3.05, 3.63) is 53.1 Å². The van der Waals surface area contributed by atoms with Crippen molar-refractivity contribution in [3.63, 3.8) is 0 Å². The van der Waals surface area contributed by atoms with Crippen molar-refractivity contribution < 1.29 is 4.79 Å². The third-order valence-corrected chi connectivity index (χ3v) is 5.48. The van der Waals surface area contributed by atoms with Crippen LogP contribution in [0.25, 0.3) is 5.57 Å². The van der Waals surface area contributed by atoms with E-state index in [1.165, 1.54) is 12.0 Å². The molecule has 1 atom stereocenters. The van der Waals surface area contributed by atoms with E-state index in [1.807, 2.05) is 25.2 Å². The minimum atomic E-state index is -0.246. The third-order valence-electron chi connectivity index (χ3n) is 5.48. The van der Waals surface area contributed by atoms with Crippen molar-refractivity contribution in [2.24, 2.45) is 4.99 Å². The summed E-state index contributed by atoms with van der Waals surface area (Å²) in [7, 11) is 0. The highest BCUT2D eigenvalue weighted by atomic mass is 16.2. The number of nitrogens with zero attached hydrogens (tertiary/aromatic N) is 3. The Balaban J connectivity index is 1.61. The molecule has 1 aliphatic heterocycles. The second-order valence-electron chi connectivity index (χ2n) is 7.65. The van der Waals surface area contributed by atoms with E-state index in [9.17, 15) is 4.79 Å². The van der Waals surface area contributed by atoms with Gasteiger partial charge in [0.1, 0.15) is 0 Å². The van der Waals surface area contributed by atoms with Gasteiger partial charge in [-0.05, 0) is 55.9 Å². The first kappa shape index (κ1) is 19.7. The van der Waals surface area contributed by atoms with Gasteiger partial charge >= 0.3 is 0 Å². The lowest BCUT2D eigenvalue weighted by atomic mass is 9.88. The average molecular weight is 403 g/mol. The SMILES string of the molecule is Cc1cnc(C(=O)Nc2ccc(C3CN=C(NC#N)NC3)cc2C2=CCCCC2)[nH]1. The monoisotopic (exact) mass is 403 g/mol. The fraction of sp³-hybridized carbons (Fsp3) is 0.364. The number of hydrogen-bond donors (Lipinski definition) is 4. The topological polar surface area (TPSA) is 118 Å². The van der Waals surface area contributed by atoms with Crippen molar-refractivity contribution >= 4 is 23.1 Å². The minimum Gasteiger partial charge on any atom is -0.355 e. The van der Waals surface area contributed by atoms with E-state index >= 15 is 0 Å². The van der Waals surface area contributed by atoms with Crippen LogP contribution in [0.4, 0.5) is 5.69 Å². The van der Waals surface area contributed by atoms with E-state index in [2.05, 4.69) is 43.1 Å². The van der Waals surface area contributed by atoms with Gasteiger partial charge in [-0.25, -0.2) is 4.98 Å². The lowest BCUT2D eigenvalue weighted by molar-refractivity contribution is 0.101. The van der Waals surface area contributed by atoms with Gasteiger partial charge in [-0.2, -0.15) is 5.26 Å². The molecular weight excluding hydrogens is 378 g/mol. The maximum absolute atomic E-state index is 12.7. The van der Waals surface area contributed by atoms with Crippen molar-refractivity contribution in [3.8, 4) is 6.19 Å². The van der Waals surface area contributed by atoms with Gasteiger partial charge in [-0.1, -0.05) is 12.1 Å². The second kappa shape index (κ2) is 8.82. The Hall–Kier alpha value is -3.60. The normalized spacial score (nSPS) is 18.5. The number of carbonyl (C=O) groups excluding carboxylic acids is 1. The summed E-state index contributed by atoms with van der Waals surface area (Å²) in [5.74, 6) is 0.782. The number of carbonyl (C=O) groups is 1. The van der Waals surface area contributed by atoms with Crippen LogP contribution in [0.15, 0.2) is 35.5 Å². The highest BCUT2D eigenvalue weighted by molar-refractivity contribution is 6.03. The van der Waals surface area contributed by atoms with Crippen LogP contribution < -0.4 is 16.0 Å². The number of imidazole rings is 1. The van der Waals surface area contributed by atoms with Gasteiger partial charge in [-0.3, -0.25) is 15.1 Å². The van der Waals surface area contributed by atoms with Gasteiger partial charge in [0.15, 0.2) is 12.0 Å². The van der Waals surface area contributed by atoms with Crippen molar-refractivity contribution in [2.45, 2.75) is 38.5 Å². The van der Waals surface area contributed by atoms with E-state index in [1.54, 1.807) is 6.20 Å². The number of amides is 1. The number of guanidine groups is 1. The average Bonchev–Trinajstić information content (AvgIpc) is 3.22. The van der Waals surface area contributed by atoms with Gasteiger partial charge in [0.05, 0.1) is 6.54 Å². The predicted octanol–water partition coefficient (Wildman–Crippen LogP) is 3.04. The molecule has 0 saturated carbocycles. The minimum absolute atomic E-state index is 0.203. The Bertz CT molecular complexity index is 1040. The highest BCUT2D eigenvalue weighted by Crippen LogP contribution is 2.34. The Kier molecular flexibility index (Phi) is 5.80. The molecule has 1 amide bonds. The molecule has 2 aliphatic rings. The second-order valence-corrected chi connectivity index (χ2v) is 7.65. The molecule has 0 fully saturated rings. The largest absolute Gasteiger partial charge is 0.355 e. The van der Waals surface area contributed by atoms with E-state index in [0.717, 1.165) is 41.8 Å². The van der Waals surface area contributed by atoms with Gasteiger partial charge in [-0.15, -0.1) is 0 Å². The molecule has 2 aromatic rings. The summed E-state index contributed by atoms with van der Waals surface area (Å²) in [4.78, 5) is 24.2. The summed E-state index contributed by atoms with van der Waals surface area (Å²) in [5.41, 5.74) is 5.14. The molecule has 1 aromatic carbocycles. The number of rotatable bonds is 4. The van der Waals surface area contributed by atoms with Crippen LogP contribution in [-0.2, 0) is 0 Å². The summed E-state index contributed by atoms with van der Waals surface area (Å²) >= 11 is 0. The Morgan fingerprint density at radius 2 is 2.23 bits per heavy atom. The molecule has 1 aliphatic carbocycles. The molecule has 4 N–H and O–H groups in total. The summed E-state index contributed by atoms with van der Waals surface area (Å²) in [6.45, 7) is 3.17. The van der Waals surface area contributed by atoms with Crippen molar-refractivity contribution in [1.29, 1.82) is 5.26 Å². The zero-order chi connectivity index (χ0) is 20.9. The number of aryl methyl sites for hydroxylation is 1. The number of anilines is 1. The molecule has 8 nitrogen and oxygen atoms in total. The third kappa shape index (κ3) is 4.35. The van der Waals surface area contributed by atoms with Crippen molar-refractivity contribution in [2.75, 3.05) is 18.4 Å². The molecule has 1 unspecified atom stereocenters. The summed E-state index contributed by atoms with van der Waals surface area (Å²) in [5, 5.41) is 17.5. The first-order valence-electron chi connectivity index (χ1n) is 10.2. The van der Waals surface area contributed by atoms with Crippen LogP contribution in [0.1, 0.15) is 59.0 Å². The molecule has 2 heterocycles. The number of aromatic nitrogens is 2. The number of benzene rings is 1. The molecular formula is C22H25N7O. The van der Waals surface area contributed by atoms with Gasteiger partial charge in [0.2, 0.25) is 5.96 Å². The molecule has 154 valence electrons. The quantitative estimate of drug-likeness (QED) is 0.462. The van der Waals surface area contributed by atoms with Crippen molar-refractivity contribution in [1.82, 2.24) is 20.6 Å². The Morgan fingerprint density at radius 3 is 2.90 bits per heavy atom. The standard InChI is InChI=1S/C22H25N7O/c1-14-10-24-20(28-14)21(30)29-19-8-7-16(9-18(19)15-5-3-2-4-6-15)17-11-25-22(26-12-17)27-13-23/h5,7-10,17H,2-4,6,11-12H2,1H3,(H,24,28)(H,29,30)(H2,25,26,27). The molecule has 4 rings (SSSR count). The zero-order valence-corrected chi connectivity index (χ0v) is 17.0. The summed E-state index contributed by atoms with van der Waals surface area (Å²) < 4.78 is 0. The number of allylic oxidation sites excluding steroid dienone is 2. The number of nitriles is 1. The summed E-state index contributed by atoms with van der Waals surface area (Å²) in [6.07, 6.45) is 10.2. The molecule has 0 saturated heterocycles. The zero-order valence-electron chi connectivity index (χ0n) is 17.0. The number of aliphatic imine (C=N–C) groups is 1. The summed E-state index contributed by atoms with van der Waals surface area (Å²) in [6, 6.07) is 6.19. The molecule has 8 heteroatoms. The smallest absolute Gasteiger partial charge is 0.291 e. The molecule has 0 bridgehead atoms. The molecule has 0 radical (unpaired) electrons. The number of hydrogen-bond acceptors (Lipinski definition) is 6. The van der Waals surface area contributed by atoms with E-state index in [4.69, 9.17) is 5.26 Å². The molecule has 1 aromatic heterocycles. The van der Waals surface area contributed by atoms with Crippen LogP contribution in [0.2, 0.25) is 0 Å². The van der Waals surface area contributed by atoms with E-state index < -0.39 is 0 Å². The fourth-order valence-corrected chi connectivity index (χ4v) is 3.88. The van der Waals surface area contributed by atoms with Gasteiger partial charge in [0, 0.05) is 35.6 Å².